The molecule has 2 fully saturated rings. The average Bonchev–Trinajstić information content (AvgIpc) is 3.02. The number of hydrogen-bond donors (Lipinski definition) is 2. The highest BCUT2D eigenvalue weighted by molar-refractivity contribution is 7.89. The molecule has 1 aromatic heterocycles. The number of primary sulfonamides is 1. The SMILES string of the molecule is NS(=O)(=O)c1ccc(CNC2CCN3CCCCC23)o1. The molecule has 1 aromatic rings. The zero-order chi connectivity index (χ0) is 14.2. The molecule has 2 atom stereocenters. The van der Waals surface area contributed by atoms with E-state index in [0.717, 1.165) is 13.0 Å². The molecule has 0 spiro atoms. The van der Waals surface area contributed by atoms with Crippen LogP contribution in [0.4, 0.5) is 0 Å². The molecule has 20 heavy (non-hydrogen) atoms. The maximum Gasteiger partial charge on any atom is 0.271 e. The molecule has 6 nitrogen and oxygen atoms in total. The van der Waals surface area contributed by atoms with Crippen LogP contribution < -0.4 is 10.5 Å². The summed E-state index contributed by atoms with van der Waals surface area (Å²) in [7, 11) is -3.74. The predicted molar refractivity (Wildman–Crippen MR) is 74.5 cm³/mol. The van der Waals surface area contributed by atoms with Crippen molar-refractivity contribution in [3.8, 4) is 0 Å². The number of nitrogens with zero attached hydrogens (tertiary/aromatic N) is 1. The summed E-state index contributed by atoms with van der Waals surface area (Å²) in [5, 5.41) is 8.35. The molecule has 0 amide bonds. The lowest BCUT2D eigenvalue weighted by Gasteiger charge is -2.32. The number of nitrogens with one attached hydrogen (secondary N) is 1. The van der Waals surface area contributed by atoms with Gasteiger partial charge in [0.15, 0.2) is 0 Å². The van der Waals surface area contributed by atoms with Gasteiger partial charge in [0.05, 0.1) is 6.54 Å². The standard InChI is InChI=1S/C13H21N3O3S/c14-20(17,18)13-5-4-10(19-13)9-15-11-6-8-16-7-2-1-3-12(11)16/h4-5,11-12,15H,1-3,6-9H2,(H2,14,17,18). The molecule has 3 heterocycles. The fourth-order valence-corrected chi connectivity index (χ4v) is 3.80. The number of furan rings is 1. The summed E-state index contributed by atoms with van der Waals surface area (Å²) in [4.78, 5) is 2.55. The van der Waals surface area contributed by atoms with Crippen LogP contribution in [0.3, 0.4) is 0 Å². The Hall–Kier alpha value is -0.890. The van der Waals surface area contributed by atoms with E-state index in [-0.39, 0.29) is 5.09 Å². The Morgan fingerprint density at radius 1 is 1.30 bits per heavy atom. The number of fused-ring (bicyclic) bond motifs is 1. The Balaban J connectivity index is 1.58. The third-order valence-corrected chi connectivity index (χ3v) is 5.09. The average molecular weight is 299 g/mol. The van der Waals surface area contributed by atoms with Gasteiger partial charge in [-0.15, -0.1) is 0 Å². The number of nitrogens with two attached hydrogens (primary N) is 1. The summed E-state index contributed by atoms with van der Waals surface area (Å²) < 4.78 is 27.6. The summed E-state index contributed by atoms with van der Waals surface area (Å²) in [6.45, 7) is 2.91. The van der Waals surface area contributed by atoms with E-state index >= 15 is 0 Å². The van der Waals surface area contributed by atoms with E-state index in [9.17, 15) is 8.42 Å². The van der Waals surface area contributed by atoms with Crippen LogP contribution in [0.2, 0.25) is 0 Å². The van der Waals surface area contributed by atoms with Gasteiger partial charge in [0.2, 0.25) is 5.09 Å². The van der Waals surface area contributed by atoms with Crippen molar-refractivity contribution in [2.24, 2.45) is 5.14 Å². The molecule has 0 radical (unpaired) electrons. The topological polar surface area (TPSA) is 88.6 Å². The lowest BCUT2D eigenvalue weighted by atomic mass is 9.99. The first-order valence-corrected chi connectivity index (χ1v) is 8.67. The molecule has 0 aliphatic carbocycles. The van der Waals surface area contributed by atoms with Crippen molar-refractivity contribution in [2.75, 3.05) is 13.1 Å². The van der Waals surface area contributed by atoms with Crippen molar-refractivity contribution in [1.82, 2.24) is 10.2 Å². The van der Waals surface area contributed by atoms with Crippen LogP contribution in [0, 0.1) is 0 Å². The van der Waals surface area contributed by atoms with E-state index < -0.39 is 10.0 Å². The lowest BCUT2D eigenvalue weighted by molar-refractivity contribution is 0.179. The third kappa shape index (κ3) is 2.90. The fourth-order valence-electron chi connectivity index (χ4n) is 3.32. The quantitative estimate of drug-likeness (QED) is 0.852. The molecule has 2 saturated heterocycles. The Labute approximate surface area is 119 Å². The first-order chi connectivity index (χ1) is 9.54. The van der Waals surface area contributed by atoms with Crippen LogP contribution in [-0.2, 0) is 16.6 Å². The highest BCUT2D eigenvalue weighted by atomic mass is 32.2. The monoisotopic (exact) mass is 299 g/mol. The van der Waals surface area contributed by atoms with Gasteiger partial charge in [-0.1, -0.05) is 6.42 Å². The summed E-state index contributed by atoms with van der Waals surface area (Å²) in [5.74, 6) is 0.614. The van der Waals surface area contributed by atoms with E-state index in [2.05, 4.69) is 10.2 Å². The van der Waals surface area contributed by atoms with Crippen molar-refractivity contribution < 1.29 is 12.8 Å². The second kappa shape index (κ2) is 5.48. The molecular formula is C13H21N3O3S. The van der Waals surface area contributed by atoms with Crippen LogP contribution in [0.1, 0.15) is 31.4 Å². The van der Waals surface area contributed by atoms with Gasteiger partial charge in [-0.25, -0.2) is 13.6 Å². The van der Waals surface area contributed by atoms with Gasteiger partial charge in [-0.2, -0.15) is 0 Å². The largest absolute Gasteiger partial charge is 0.447 e. The van der Waals surface area contributed by atoms with Crippen molar-refractivity contribution in [3.63, 3.8) is 0 Å². The third-order valence-electron chi connectivity index (χ3n) is 4.31. The van der Waals surface area contributed by atoms with E-state index in [1.165, 1.54) is 31.9 Å². The summed E-state index contributed by atoms with van der Waals surface area (Å²) in [5.41, 5.74) is 0. The summed E-state index contributed by atoms with van der Waals surface area (Å²) in [6, 6.07) is 4.17. The van der Waals surface area contributed by atoms with Crippen LogP contribution in [-0.4, -0.2) is 38.5 Å². The first kappa shape index (κ1) is 14.1. The maximum absolute atomic E-state index is 11.2. The van der Waals surface area contributed by atoms with Gasteiger partial charge in [0, 0.05) is 18.6 Å². The zero-order valence-electron chi connectivity index (χ0n) is 11.4. The predicted octanol–water partition coefficient (Wildman–Crippen LogP) is 0.643. The Bertz CT molecular complexity index is 569. The molecule has 112 valence electrons. The van der Waals surface area contributed by atoms with Crippen LogP contribution >= 0.6 is 0 Å². The molecule has 3 rings (SSSR count). The molecule has 2 aliphatic rings. The van der Waals surface area contributed by atoms with Crippen molar-refractivity contribution in [2.45, 2.75) is 49.4 Å². The molecule has 2 aliphatic heterocycles. The summed E-state index contributed by atoms with van der Waals surface area (Å²) in [6.07, 6.45) is 5.00. The van der Waals surface area contributed by atoms with Gasteiger partial charge >= 0.3 is 0 Å². The van der Waals surface area contributed by atoms with Crippen LogP contribution in [0.25, 0.3) is 0 Å². The second-order valence-corrected chi connectivity index (χ2v) is 7.13. The van der Waals surface area contributed by atoms with Gasteiger partial charge in [0.25, 0.3) is 10.0 Å². The van der Waals surface area contributed by atoms with E-state index in [1.54, 1.807) is 6.07 Å². The molecular weight excluding hydrogens is 278 g/mol. The van der Waals surface area contributed by atoms with E-state index in [4.69, 9.17) is 9.56 Å². The van der Waals surface area contributed by atoms with Crippen LogP contribution in [0.15, 0.2) is 21.6 Å². The van der Waals surface area contributed by atoms with Gasteiger partial charge in [-0.3, -0.25) is 4.90 Å². The normalized spacial score (nSPS) is 27.6. The molecule has 0 saturated carbocycles. The lowest BCUT2D eigenvalue weighted by Crippen LogP contribution is -2.44. The molecule has 2 unspecified atom stereocenters. The minimum atomic E-state index is -3.74. The molecule has 0 bridgehead atoms. The number of piperidine rings is 1. The van der Waals surface area contributed by atoms with E-state index in [1.807, 2.05) is 0 Å². The first-order valence-electron chi connectivity index (χ1n) is 7.13. The Morgan fingerprint density at radius 3 is 2.90 bits per heavy atom. The zero-order valence-corrected chi connectivity index (χ0v) is 12.2. The second-order valence-electron chi connectivity index (χ2n) is 5.64. The highest BCUT2D eigenvalue weighted by Crippen LogP contribution is 2.27. The smallest absolute Gasteiger partial charge is 0.271 e. The fraction of sp³-hybridized carbons (Fsp3) is 0.692. The number of hydrogen-bond acceptors (Lipinski definition) is 5. The Kier molecular flexibility index (Phi) is 3.85. The van der Waals surface area contributed by atoms with E-state index in [0.29, 0.717) is 24.4 Å². The van der Waals surface area contributed by atoms with Crippen molar-refractivity contribution >= 4 is 10.0 Å². The number of rotatable bonds is 4. The Morgan fingerprint density at radius 2 is 2.15 bits per heavy atom. The molecule has 0 aromatic carbocycles. The van der Waals surface area contributed by atoms with Crippen molar-refractivity contribution in [3.05, 3.63) is 17.9 Å². The summed E-state index contributed by atoms with van der Waals surface area (Å²) >= 11 is 0. The number of sulfonamides is 1. The maximum atomic E-state index is 11.2. The van der Waals surface area contributed by atoms with Gasteiger partial charge in [-0.05, 0) is 37.9 Å². The van der Waals surface area contributed by atoms with Gasteiger partial charge in [0.1, 0.15) is 5.76 Å². The van der Waals surface area contributed by atoms with Crippen molar-refractivity contribution in [1.29, 1.82) is 0 Å². The minimum Gasteiger partial charge on any atom is -0.447 e. The minimum absolute atomic E-state index is 0.167. The highest BCUT2D eigenvalue weighted by Gasteiger charge is 2.35. The van der Waals surface area contributed by atoms with Gasteiger partial charge < -0.3 is 9.73 Å². The molecule has 7 heteroatoms. The molecule has 3 N–H and O–H groups in total. The van der Waals surface area contributed by atoms with Crippen LogP contribution in [0.5, 0.6) is 0 Å².